The van der Waals surface area contributed by atoms with Crippen molar-refractivity contribution in [2.45, 2.75) is 69.1 Å². The zero-order chi connectivity index (χ0) is 18.4. The Morgan fingerprint density at radius 2 is 2.15 bits per heavy atom. The van der Waals surface area contributed by atoms with E-state index in [1.165, 1.54) is 30.4 Å². The summed E-state index contributed by atoms with van der Waals surface area (Å²) in [5.74, 6) is 2.31. The summed E-state index contributed by atoms with van der Waals surface area (Å²) in [6.07, 6.45) is 12.0. The normalized spacial score (nSPS) is 45.5. The highest BCUT2D eigenvalue weighted by molar-refractivity contribution is 5.55. The van der Waals surface area contributed by atoms with Crippen LogP contribution in [0.15, 0.2) is 34.8 Å². The Morgan fingerprint density at radius 3 is 2.89 bits per heavy atom. The number of piperidine rings is 1. The second kappa shape index (κ2) is 5.40. The molecule has 6 rings (SSSR count). The van der Waals surface area contributed by atoms with Crippen LogP contribution in [0.4, 0.5) is 0 Å². The second-order valence-electron chi connectivity index (χ2n) is 9.64. The number of nitrogens with zero attached hydrogens (tertiary/aromatic N) is 1. The second-order valence-corrected chi connectivity index (χ2v) is 9.64. The van der Waals surface area contributed by atoms with Gasteiger partial charge in [-0.25, -0.2) is 5.26 Å². The van der Waals surface area contributed by atoms with Gasteiger partial charge in [0.2, 0.25) is 0 Å². The molecule has 2 N–H and O–H groups in total. The van der Waals surface area contributed by atoms with Crippen molar-refractivity contribution in [3.63, 3.8) is 0 Å². The van der Waals surface area contributed by atoms with Crippen LogP contribution in [-0.4, -0.2) is 46.6 Å². The lowest BCUT2D eigenvalue weighted by Crippen LogP contribution is -2.67. The first-order valence-electron chi connectivity index (χ1n) is 10.6. The van der Waals surface area contributed by atoms with E-state index in [-0.39, 0.29) is 5.41 Å². The predicted octanol–water partition coefficient (Wildman–Crippen LogP) is 3.38. The van der Waals surface area contributed by atoms with Crippen molar-refractivity contribution >= 4 is 0 Å². The smallest absolute Gasteiger partial charge is 0.184 e. The quantitative estimate of drug-likeness (QED) is 0.452. The molecule has 27 heavy (non-hydrogen) atoms. The van der Waals surface area contributed by atoms with E-state index in [0.717, 1.165) is 38.0 Å². The van der Waals surface area contributed by atoms with E-state index in [1.807, 2.05) is 6.08 Å². The monoisotopic (exact) mass is 371 g/mol. The van der Waals surface area contributed by atoms with E-state index in [0.29, 0.717) is 30.1 Å². The van der Waals surface area contributed by atoms with Crippen LogP contribution in [0.1, 0.15) is 51.4 Å². The summed E-state index contributed by atoms with van der Waals surface area (Å²) >= 11 is 0. The Kier molecular flexibility index (Phi) is 3.33. The number of aliphatic hydroxyl groups is 1. The Morgan fingerprint density at radius 1 is 1.30 bits per heavy atom. The fraction of sp³-hybridized carbons (Fsp3) is 0.727. The molecule has 5 nitrogen and oxygen atoms in total. The third kappa shape index (κ3) is 1.82. The maximum absolute atomic E-state index is 11.3. The van der Waals surface area contributed by atoms with Gasteiger partial charge in [-0.1, -0.05) is 37.0 Å². The fourth-order valence-corrected chi connectivity index (χ4v) is 7.28. The van der Waals surface area contributed by atoms with Gasteiger partial charge in [0.05, 0.1) is 5.41 Å². The molecule has 0 unspecified atom stereocenters. The van der Waals surface area contributed by atoms with Crippen molar-refractivity contribution in [2.75, 3.05) is 13.6 Å². The molecule has 1 spiro atoms. The Balaban J connectivity index is 1.62. The van der Waals surface area contributed by atoms with E-state index < -0.39 is 11.7 Å². The minimum atomic E-state index is -0.610. The SMILES string of the molecule is CN1CC[C@]23C4=C5CCC(OO)=C4O[C@@]2(CC2CCC2)[C@@H](O)C=C[C@H]3[C@H]1C5. The number of likely N-dealkylation sites (tertiary alicyclic amines) is 1. The molecule has 2 bridgehead atoms. The van der Waals surface area contributed by atoms with Gasteiger partial charge in [-0.2, -0.15) is 0 Å². The lowest BCUT2D eigenvalue weighted by molar-refractivity contribution is -0.213. The summed E-state index contributed by atoms with van der Waals surface area (Å²) in [6, 6.07) is 0.474. The van der Waals surface area contributed by atoms with E-state index in [4.69, 9.17) is 9.62 Å². The number of aliphatic hydroxyl groups excluding tert-OH is 1. The molecule has 1 saturated carbocycles. The molecule has 2 saturated heterocycles. The highest BCUT2D eigenvalue weighted by Gasteiger charge is 2.73. The molecular weight excluding hydrogens is 342 g/mol. The van der Waals surface area contributed by atoms with Gasteiger partial charge < -0.3 is 19.6 Å². The molecule has 6 aliphatic rings. The number of hydrogen-bond acceptors (Lipinski definition) is 5. The molecule has 0 amide bonds. The molecule has 3 fully saturated rings. The van der Waals surface area contributed by atoms with E-state index in [9.17, 15) is 10.4 Å². The van der Waals surface area contributed by atoms with Crippen LogP contribution in [0, 0.1) is 17.3 Å². The molecule has 2 aliphatic heterocycles. The van der Waals surface area contributed by atoms with Gasteiger partial charge in [-0.05, 0) is 45.2 Å². The zero-order valence-electron chi connectivity index (χ0n) is 16.0. The van der Waals surface area contributed by atoms with Crippen LogP contribution < -0.4 is 0 Å². The molecule has 5 heteroatoms. The summed E-state index contributed by atoms with van der Waals surface area (Å²) < 4.78 is 6.79. The van der Waals surface area contributed by atoms with Crippen molar-refractivity contribution in [3.8, 4) is 0 Å². The number of allylic oxidation sites excluding steroid dienone is 2. The van der Waals surface area contributed by atoms with Gasteiger partial charge >= 0.3 is 0 Å². The van der Waals surface area contributed by atoms with E-state index >= 15 is 0 Å². The molecule has 146 valence electrons. The Bertz CT molecular complexity index is 781. The molecule has 0 aromatic carbocycles. The Labute approximate surface area is 160 Å². The third-order valence-electron chi connectivity index (χ3n) is 8.74. The lowest BCUT2D eigenvalue weighted by Gasteiger charge is -2.61. The molecule has 5 atom stereocenters. The van der Waals surface area contributed by atoms with Crippen LogP contribution in [0.2, 0.25) is 0 Å². The lowest BCUT2D eigenvalue weighted by atomic mass is 9.46. The Hall–Kier alpha value is -1.30. The number of ether oxygens (including phenoxy) is 1. The maximum atomic E-state index is 11.3. The summed E-state index contributed by atoms with van der Waals surface area (Å²) in [7, 11) is 2.24. The average molecular weight is 371 g/mol. The summed E-state index contributed by atoms with van der Waals surface area (Å²) in [4.78, 5) is 7.32. The van der Waals surface area contributed by atoms with Gasteiger partial charge in [-0.15, -0.1) is 0 Å². The van der Waals surface area contributed by atoms with Gasteiger partial charge in [0.15, 0.2) is 11.5 Å². The standard InChI is InChI=1S/C22H29NO4/c1-23-10-9-21-15-6-8-18(24)22(21,12-13-3-2-4-13)26-20-17(27-25)7-5-14(19(20)21)11-16(15)23/h6,8,13,15-16,18,24-25H,2-5,7,9-12H2,1H3/t15-,16+,18-,21-,22-/m0/s1. The van der Waals surface area contributed by atoms with Crippen LogP contribution in [0.5, 0.6) is 0 Å². The topological polar surface area (TPSA) is 62.2 Å². The minimum absolute atomic E-state index is 0.180. The highest BCUT2D eigenvalue weighted by atomic mass is 17.1. The first-order valence-corrected chi connectivity index (χ1v) is 10.6. The first-order chi connectivity index (χ1) is 13.1. The van der Waals surface area contributed by atoms with Crippen molar-refractivity contribution in [2.24, 2.45) is 17.3 Å². The van der Waals surface area contributed by atoms with E-state index in [1.54, 1.807) is 0 Å². The maximum Gasteiger partial charge on any atom is 0.184 e. The third-order valence-corrected chi connectivity index (χ3v) is 8.74. The van der Waals surface area contributed by atoms with Gasteiger partial charge in [0.25, 0.3) is 0 Å². The predicted molar refractivity (Wildman–Crippen MR) is 99.5 cm³/mol. The van der Waals surface area contributed by atoms with Crippen molar-refractivity contribution < 1.29 is 20.0 Å². The first kappa shape index (κ1) is 16.6. The van der Waals surface area contributed by atoms with Crippen LogP contribution in [0.25, 0.3) is 0 Å². The van der Waals surface area contributed by atoms with E-state index in [2.05, 4.69) is 18.0 Å². The summed E-state index contributed by atoms with van der Waals surface area (Å²) in [5, 5.41) is 20.9. The zero-order valence-corrected chi connectivity index (χ0v) is 16.0. The summed E-state index contributed by atoms with van der Waals surface area (Å²) in [5.41, 5.74) is 1.97. The number of rotatable bonds is 3. The molecule has 0 aromatic heterocycles. The summed E-state index contributed by atoms with van der Waals surface area (Å²) in [6.45, 7) is 1.02. The van der Waals surface area contributed by atoms with Gasteiger partial charge in [-0.3, -0.25) is 0 Å². The van der Waals surface area contributed by atoms with Crippen LogP contribution in [-0.2, 0) is 9.62 Å². The molecule has 4 aliphatic carbocycles. The highest BCUT2D eigenvalue weighted by Crippen LogP contribution is 2.71. The van der Waals surface area contributed by atoms with Crippen LogP contribution >= 0.6 is 0 Å². The van der Waals surface area contributed by atoms with Crippen LogP contribution in [0.3, 0.4) is 0 Å². The van der Waals surface area contributed by atoms with Crippen molar-refractivity contribution in [3.05, 3.63) is 34.8 Å². The number of hydrogen-bond donors (Lipinski definition) is 2. The largest absolute Gasteiger partial charge is 0.479 e. The molecular formula is C22H29NO4. The fourth-order valence-electron chi connectivity index (χ4n) is 7.28. The van der Waals surface area contributed by atoms with Gasteiger partial charge in [0, 0.05) is 24.0 Å². The average Bonchev–Trinajstić information content (AvgIpc) is 2.94. The van der Waals surface area contributed by atoms with Crippen molar-refractivity contribution in [1.29, 1.82) is 0 Å². The minimum Gasteiger partial charge on any atom is -0.479 e. The van der Waals surface area contributed by atoms with Gasteiger partial charge in [0.1, 0.15) is 11.7 Å². The molecule has 0 aromatic rings. The molecule has 0 radical (unpaired) electrons. The van der Waals surface area contributed by atoms with Crippen molar-refractivity contribution in [1.82, 2.24) is 4.90 Å². The molecule has 2 heterocycles.